The topological polar surface area (TPSA) is 61.4 Å². The molecule has 2 amide bonds. The van der Waals surface area contributed by atoms with Crippen molar-refractivity contribution >= 4 is 24.2 Å². The van der Waals surface area contributed by atoms with Crippen molar-refractivity contribution in [3.63, 3.8) is 0 Å². The molecule has 0 bridgehead atoms. The molecular weight excluding hydrogens is 290 g/mol. The summed E-state index contributed by atoms with van der Waals surface area (Å²) in [6.45, 7) is 3.94. The molecule has 1 aliphatic carbocycles. The zero-order chi connectivity index (χ0) is 14.0. The van der Waals surface area contributed by atoms with Crippen LogP contribution in [-0.4, -0.2) is 49.4 Å². The number of rotatable bonds is 3. The molecule has 0 aromatic rings. The van der Waals surface area contributed by atoms with E-state index in [4.69, 9.17) is 0 Å². The molecule has 3 rings (SSSR count). The van der Waals surface area contributed by atoms with Crippen molar-refractivity contribution in [1.82, 2.24) is 15.5 Å². The zero-order valence-corrected chi connectivity index (χ0v) is 13.3. The summed E-state index contributed by atoms with van der Waals surface area (Å²) in [5, 5.41) is 6.20. The Balaban J connectivity index is 0.00000161. The molecule has 3 aliphatic rings. The van der Waals surface area contributed by atoms with Crippen molar-refractivity contribution in [3.8, 4) is 0 Å². The maximum Gasteiger partial charge on any atom is 0.241 e. The molecule has 2 N–H and O–H groups in total. The Morgan fingerprint density at radius 1 is 1.14 bits per heavy atom. The lowest BCUT2D eigenvalue weighted by Crippen LogP contribution is -2.43. The minimum Gasteiger partial charge on any atom is -0.347 e. The Kier molecular flexibility index (Phi) is 5.49. The quantitative estimate of drug-likeness (QED) is 0.814. The number of piperidine rings is 2. The van der Waals surface area contributed by atoms with Crippen LogP contribution in [0.1, 0.15) is 38.5 Å². The van der Waals surface area contributed by atoms with Crippen LogP contribution in [0.15, 0.2) is 0 Å². The van der Waals surface area contributed by atoms with Gasteiger partial charge in [-0.1, -0.05) is 0 Å². The molecule has 0 aromatic heterocycles. The van der Waals surface area contributed by atoms with Gasteiger partial charge in [0.15, 0.2) is 0 Å². The van der Waals surface area contributed by atoms with E-state index in [0.29, 0.717) is 0 Å². The molecule has 21 heavy (non-hydrogen) atoms. The van der Waals surface area contributed by atoms with Crippen molar-refractivity contribution in [2.75, 3.05) is 32.7 Å². The van der Waals surface area contributed by atoms with Gasteiger partial charge in [0, 0.05) is 19.0 Å². The van der Waals surface area contributed by atoms with Crippen molar-refractivity contribution in [2.45, 2.75) is 38.5 Å². The van der Waals surface area contributed by atoms with E-state index in [1.54, 1.807) is 0 Å². The number of halogens is 1. The van der Waals surface area contributed by atoms with Crippen molar-refractivity contribution in [2.24, 2.45) is 11.3 Å². The van der Waals surface area contributed by atoms with Crippen LogP contribution in [0, 0.1) is 11.3 Å². The highest BCUT2D eigenvalue weighted by molar-refractivity contribution is 5.87. The van der Waals surface area contributed by atoms with Crippen LogP contribution in [-0.2, 0) is 9.59 Å². The molecule has 120 valence electrons. The summed E-state index contributed by atoms with van der Waals surface area (Å²) in [6, 6.07) is 0. The van der Waals surface area contributed by atoms with E-state index in [2.05, 4.69) is 10.6 Å². The van der Waals surface area contributed by atoms with Crippen LogP contribution in [0.5, 0.6) is 0 Å². The van der Waals surface area contributed by atoms with Gasteiger partial charge in [0.1, 0.15) is 0 Å². The van der Waals surface area contributed by atoms with Crippen LogP contribution in [0.3, 0.4) is 0 Å². The maximum absolute atomic E-state index is 12.2. The monoisotopic (exact) mass is 315 g/mol. The van der Waals surface area contributed by atoms with Crippen molar-refractivity contribution in [3.05, 3.63) is 0 Å². The van der Waals surface area contributed by atoms with Crippen molar-refractivity contribution < 1.29 is 9.59 Å². The predicted molar refractivity (Wildman–Crippen MR) is 83.3 cm³/mol. The molecular formula is C15H26ClN3O2. The number of nitrogens with zero attached hydrogens (tertiary/aromatic N) is 1. The van der Waals surface area contributed by atoms with Gasteiger partial charge in [-0.05, 0) is 57.0 Å². The summed E-state index contributed by atoms with van der Waals surface area (Å²) in [5.74, 6) is 0.328. The largest absolute Gasteiger partial charge is 0.347 e. The van der Waals surface area contributed by atoms with Gasteiger partial charge < -0.3 is 15.5 Å². The van der Waals surface area contributed by atoms with E-state index in [1.165, 1.54) is 6.42 Å². The van der Waals surface area contributed by atoms with Crippen LogP contribution >= 0.6 is 12.4 Å². The average molecular weight is 316 g/mol. The van der Waals surface area contributed by atoms with Gasteiger partial charge in [0.05, 0.1) is 6.54 Å². The summed E-state index contributed by atoms with van der Waals surface area (Å²) in [6.07, 6.45) is 6.63. The van der Waals surface area contributed by atoms with Gasteiger partial charge in [0.25, 0.3) is 0 Å². The smallest absolute Gasteiger partial charge is 0.241 e. The van der Waals surface area contributed by atoms with E-state index in [1.807, 2.05) is 4.90 Å². The first kappa shape index (κ1) is 16.6. The second-order valence-electron chi connectivity index (χ2n) is 6.53. The molecule has 2 aliphatic heterocycles. The van der Waals surface area contributed by atoms with E-state index in [0.717, 1.165) is 58.3 Å². The number of likely N-dealkylation sites (tertiary alicyclic amines) is 1. The molecule has 6 heteroatoms. The van der Waals surface area contributed by atoms with E-state index >= 15 is 0 Å². The van der Waals surface area contributed by atoms with E-state index in [-0.39, 0.29) is 42.1 Å². The Labute approximate surface area is 132 Å². The maximum atomic E-state index is 12.2. The summed E-state index contributed by atoms with van der Waals surface area (Å²) in [5.41, 5.74) is 0.253. The molecule has 5 nitrogen and oxygen atoms in total. The lowest BCUT2D eigenvalue weighted by Gasteiger charge is -2.27. The highest BCUT2D eigenvalue weighted by Gasteiger charge is 2.57. The fraction of sp³-hybridized carbons (Fsp3) is 0.867. The van der Waals surface area contributed by atoms with Gasteiger partial charge in [-0.15, -0.1) is 12.4 Å². The summed E-state index contributed by atoms with van der Waals surface area (Å²) in [7, 11) is 0. The Morgan fingerprint density at radius 3 is 2.48 bits per heavy atom. The lowest BCUT2D eigenvalue weighted by atomic mass is 9.92. The first-order valence-corrected chi connectivity index (χ1v) is 7.97. The van der Waals surface area contributed by atoms with Gasteiger partial charge in [0.2, 0.25) is 11.8 Å². The second kappa shape index (κ2) is 6.97. The number of nitrogens with one attached hydrogen (secondary N) is 2. The molecule has 0 aromatic carbocycles. The lowest BCUT2D eigenvalue weighted by molar-refractivity contribution is -0.134. The normalized spacial score (nSPS) is 26.9. The summed E-state index contributed by atoms with van der Waals surface area (Å²) < 4.78 is 0. The van der Waals surface area contributed by atoms with Gasteiger partial charge in [-0.3, -0.25) is 9.59 Å². The van der Waals surface area contributed by atoms with E-state index < -0.39 is 0 Å². The first-order chi connectivity index (χ1) is 9.71. The molecule has 3 fully saturated rings. The molecule has 2 saturated heterocycles. The fourth-order valence-corrected chi connectivity index (χ4v) is 3.74. The third kappa shape index (κ3) is 3.69. The van der Waals surface area contributed by atoms with Crippen LogP contribution in [0.2, 0.25) is 0 Å². The van der Waals surface area contributed by atoms with Gasteiger partial charge in [-0.25, -0.2) is 0 Å². The van der Waals surface area contributed by atoms with Gasteiger partial charge >= 0.3 is 0 Å². The first-order valence-electron chi connectivity index (χ1n) is 7.97. The van der Waals surface area contributed by atoms with Crippen LogP contribution in [0.4, 0.5) is 0 Å². The Hall–Kier alpha value is -0.810. The van der Waals surface area contributed by atoms with E-state index in [9.17, 15) is 9.59 Å². The highest BCUT2D eigenvalue weighted by atomic mass is 35.5. The number of amides is 2. The minimum atomic E-state index is 0. The predicted octanol–water partition coefficient (Wildman–Crippen LogP) is 0.927. The number of hydrogen-bond acceptors (Lipinski definition) is 3. The van der Waals surface area contributed by atoms with Gasteiger partial charge in [-0.2, -0.15) is 0 Å². The number of carbonyl (C=O) groups is 2. The minimum absolute atomic E-state index is 0. The average Bonchev–Trinajstić information content (AvgIpc) is 3.19. The summed E-state index contributed by atoms with van der Waals surface area (Å²) >= 11 is 0. The third-order valence-electron chi connectivity index (χ3n) is 5.23. The SMILES string of the molecule is Cl.O=C(NCC(=O)N1CCCCC1)C1CC12CCNCC2. The molecule has 1 spiro atoms. The number of carbonyl (C=O) groups excluding carboxylic acids is 2. The van der Waals surface area contributed by atoms with Crippen LogP contribution in [0.25, 0.3) is 0 Å². The molecule has 0 radical (unpaired) electrons. The second-order valence-corrected chi connectivity index (χ2v) is 6.53. The Morgan fingerprint density at radius 2 is 1.81 bits per heavy atom. The molecule has 1 unspecified atom stereocenters. The Bertz CT molecular complexity index is 390. The summed E-state index contributed by atoms with van der Waals surface area (Å²) in [4.78, 5) is 26.1. The highest BCUT2D eigenvalue weighted by Crippen LogP contribution is 2.58. The zero-order valence-electron chi connectivity index (χ0n) is 12.5. The van der Waals surface area contributed by atoms with Crippen molar-refractivity contribution in [1.29, 1.82) is 0 Å². The fourth-order valence-electron chi connectivity index (χ4n) is 3.74. The molecule has 1 saturated carbocycles. The standard InChI is InChI=1S/C15H25N3O2.ClH/c19-13(18-8-2-1-3-9-18)11-17-14(20)12-10-15(12)4-6-16-7-5-15;/h12,16H,1-11H2,(H,17,20);1H. The number of hydrogen-bond donors (Lipinski definition) is 2. The molecule has 2 heterocycles. The third-order valence-corrected chi connectivity index (χ3v) is 5.23. The molecule has 1 atom stereocenters. The van der Waals surface area contributed by atoms with Crippen LogP contribution < -0.4 is 10.6 Å².